The summed E-state index contributed by atoms with van der Waals surface area (Å²) in [7, 11) is 1.56. The lowest BCUT2D eigenvalue weighted by atomic mass is 9.89. The minimum atomic E-state index is -0.762. The van der Waals surface area contributed by atoms with E-state index in [9.17, 15) is 14.4 Å². The second-order valence-corrected chi connectivity index (χ2v) is 5.38. The van der Waals surface area contributed by atoms with Gasteiger partial charge >= 0.3 is 6.03 Å². The molecule has 1 aliphatic heterocycles. The Labute approximate surface area is 111 Å². The van der Waals surface area contributed by atoms with Crippen molar-refractivity contribution in [2.45, 2.75) is 25.6 Å². The fourth-order valence-electron chi connectivity index (χ4n) is 1.91. The number of halogens is 1. The number of urea groups is 1. The summed E-state index contributed by atoms with van der Waals surface area (Å²) in [5, 5.41) is 4.02. The Morgan fingerprint density at radius 2 is 2.00 bits per heavy atom. The Hall–Kier alpha value is -1.30. The van der Waals surface area contributed by atoms with Gasteiger partial charge in [0.05, 0.1) is 5.41 Å². The van der Waals surface area contributed by atoms with E-state index in [2.05, 4.69) is 10.6 Å². The van der Waals surface area contributed by atoms with Crippen LogP contribution in [-0.2, 0) is 9.59 Å². The van der Waals surface area contributed by atoms with E-state index in [0.717, 1.165) is 0 Å². The van der Waals surface area contributed by atoms with E-state index in [0.29, 0.717) is 19.5 Å². The molecule has 0 radical (unpaired) electrons. The van der Waals surface area contributed by atoms with Crippen LogP contribution < -0.4 is 10.6 Å². The monoisotopic (exact) mass is 275 g/mol. The maximum atomic E-state index is 11.8. The van der Waals surface area contributed by atoms with E-state index >= 15 is 0 Å². The summed E-state index contributed by atoms with van der Waals surface area (Å²) in [4.78, 5) is 36.2. The van der Waals surface area contributed by atoms with Gasteiger partial charge in [0.25, 0.3) is 0 Å². The van der Waals surface area contributed by atoms with E-state index in [1.165, 1.54) is 11.8 Å². The molecule has 1 heterocycles. The summed E-state index contributed by atoms with van der Waals surface area (Å²) >= 11 is 5.56. The van der Waals surface area contributed by atoms with Crippen LogP contribution in [0, 0.1) is 5.41 Å². The summed E-state index contributed by atoms with van der Waals surface area (Å²) in [6, 6.07) is -0.500. The first-order valence-corrected chi connectivity index (χ1v) is 6.20. The van der Waals surface area contributed by atoms with Crippen LogP contribution in [0.4, 0.5) is 4.79 Å². The number of alkyl halides is 1. The molecule has 0 aromatic rings. The maximum absolute atomic E-state index is 11.8. The molecule has 0 aliphatic carbocycles. The zero-order chi connectivity index (χ0) is 13.9. The number of amides is 4. The third-order valence-corrected chi connectivity index (χ3v) is 3.33. The number of rotatable bonds is 2. The molecule has 18 heavy (non-hydrogen) atoms. The largest absolute Gasteiger partial charge is 0.359 e. The fraction of sp³-hybridized carbons (Fsp3) is 0.727. The van der Waals surface area contributed by atoms with Gasteiger partial charge < -0.3 is 10.2 Å². The van der Waals surface area contributed by atoms with Crippen molar-refractivity contribution in [2.75, 3.05) is 20.1 Å². The number of nitrogens with one attached hydrogen (secondary N) is 2. The lowest BCUT2D eigenvalue weighted by Gasteiger charge is -2.22. The molecule has 4 amide bonds. The number of carbonyl (C=O) groups excluding carboxylic acids is 3. The van der Waals surface area contributed by atoms with Crippen LogP contribution in [-0.4, -0.2) is 48.3 Å². The van der Waals surface area contributed by atoms with Crippen LogP contribution >= 0.6 is 11.6 Å². The SMILES string of the molecule is CNC(=O)C1(C)CCN(C(=O)NC(=O)C(C)Cl)C1. The fourth-order valence-corrected chi connectivity index (χ4v) is 1.96. The van der Waals surface area contributed by atoms with Crippen molar-refractivity contribution in [3.8, 4) is 0 Å². The van der Waals surface area contributed by atoms with E-state index < -0.39 is 22.7 Å². The van der Waals surface area contributed by atoms with E-state index in [-0.39, 0.29) is 5.91 Å². The van der Waals surface area contributed by atoms with Crippen molar-refractivity contribution in [1.82, 2.24) is 15.5 Å². The highest BCUT2D eigenvalue weighted by Gasteiger charge is 2.41. The van der Waals surface area contributed by atoms with Gasteiger partial charge in [0, 0.05) is 20.1 Å². The number of hydrogen-bond acceptors (Lipinski definition) is 3. The highest BCUT2D eigenvalue weighted by Crippen LogP contribution is 2.29. The summed E-state index contributed by atoms with van der Waals surface area (Å²) in [5.74, 6) is -0.634. The van der Waals surface area contributed by atoms with Crippen LogP contribution in [0.25, 0.3) is 0 Å². The molecule has 102 valence electrons. The van der Waals surface area contributed by atoms with Crippen LogP contribution in [0.15, 0.2) is 0 Å². The van der Waals surface area contributed by atoms with Gasteiger partial charge in [-0.2, -0.15) is 0 Å². The van der Waals surface area contributed by atoms with Gasteiger partial charge in [0.1, 0.15) is 5.38 Å². The normalized spacial score (nSPS) is 24.6. The lowest BCUT2D eigenvalue weighted by molar-refractivity contribution is -0.128. The maximum Gasteiger partial charge on any atom is 0.324 e. The molecule has 2 unspecified atom stereocenters. The summed E-state index contributed by atoms with van der Waals surface area (Å²) in [6.07, 6.45) is 0.574. The Morgan fingerprint density at radius 3 is 2.50 bits per heavy atom. The number of hydrogen-bond donors (Lipinski definition) is 2. The van der Waals surface area contributed by atoms with Gasteiger partial charge in [-0.3, -0.25) is 14.9 Å². The predicted octanol–water partition coefficient (Wildman–Crippen LogP) is 0.308. The number of imide groups is 1. The molecular weight excluding hydrogens is 258 g/mol. The van der Waals surface area contributed by atoms with Gasteiger partial charge in [0.2, 0.25) is 11.8 Å². The van der Waals surface area contributed by atoms with Crippen LogP contribution in [0.2, 0.25) is 0 Å². The van der Waals surface area contributed by atoms with Crippen molar-refractivity contribution in [1.29, 1.82) is 0 Å². The quantitative estimate of drug-likeness (QED) is 0.712. The molecule has 6 nitrogen and oxygen atoms in total. The van der Waals surface area contributed by atoms with Crippen LogP contribution in [0.5, 0.6) is 0 Å². The topological polar surface area (TPSA) is 78.5 Å². The molecular formula is C11H18ClN3O3. The number of nitrogens with zero attached hydrogens (tertiary/aromatic N) is 1. The molecule has 2 N–H and O–H groups in total. The molecule has 7 heteroatoms. The average molecular weight is 276 g/mol. The van der Waals surface area contributed by atoms with E-state index in [1.54, 1.807) is 14.0 Å². The van der Waals surface area contributed by atoms with E-state index in [1.807, 2.05) is 0 Å². The highest BCUT2D eigenvalue weighted by molar-refractivity contribution is 6.31. The molecule has 0 aromatic heterocycles. The molecule has 0 bridgehead atoms. The number of likely N-dealkylation sites (tertiary alicyclic amines) is 1. The van der Waals surface area contributed by atoms with Gasteiger partial charge in [-0.1, -0.05) is 0 Å². The first-order chi connectivity index (χ1) is 8.30. The first kappa shape index (κ1) is 14.8. The predicted molar refractivity (Wildman–Crippen MR) is 67.2 cm³/mol. The van der Waals surface area contributed by atoms with Crippen LogP contribution in [0.3, 0.4) is 0 Å². The summed E-state index contributed by atoms with van der Waals surface area (Å²) in [6.45, 7) is 4.02. The van der Waals surface area contributed by atoms with Crippen molar-refractivity contribution >= 4 is 29.4 Å². The smallest absolute Gasteiger partial charge is 0.324 e. The first-order valence-electron chi connectivity index (χ1n) is 5.76. The minimum absolute atomic E-state index is 0.102. The van der Waals surface area contributed by atoms with Crippen molar-refractivity contribution < 1.29 is 14.4 Å². The molecule has 1 rings (SSSR count). The highest BCUT2D eigenvalue weighted by atomic mass is 35.5. The standard InChI is InChI=1S/C11H18ClN3O3/c1-7(12)8(16)14-10(18)15-5-4-11(2,6-15)9(17)13-3/h7H,4-6H2,1-3H3,(H,13,17)(H,14,16,18). The molecule has 0 spiro atoms. The van der Waals surface area contributed by atoms with Gasteiger partial charge in [-0.05, 0) is 20.3 Å². The Morgan fingerprint density at radius 1 is 1.39 bits per heavy atom. The second kappa shape index (κ2) is 5.56. The van der Waals surface area contributed by atoms with Crippen LogP contribution in [0.1, 0.15) is 20.3 Å². The zero-order valence-electron chi connectivity index (χ0n) is 10.7. The molecule has 1 saturated heterocycles. The number of carbonyl (C=O) groups is 3. The minimum Gasteiger partial charge on any atom is -0.359 e. The summed E-state index contributed by atoms with van der Waals surface area (Å²) in [5.41, 5.74) is -0.596. The van der Waals surface area contributed by atoms with E-state index in [4.69, 9.17) is 11.6 Å². The van der Waals surface area contributed by atoms with Crippen molar-refractivity contribution in [3.05, 3.63) is 0 Å². The average Bonchev–Trinajstić information content (AvgIpc) is 2.72. The van der Waals surface area contributed by atoms with Gasteiger partial charge in [0.15, 0.2) is 0 Å². The van der Waals surface area contributed by atoms with Crippen molar-refractivity contribution in [3.63, 3.8) is 0 Å². The summed E-state index contributed by atoms with van der Waals surface area (Å²) < 4.78 is 0. The second-order valence-electron chi connectivity index (χ2n) is 4.72. The molecule has 0 saturated carbocycles. The molecule has 1 aliphatic rings. The Balaban J connectivity index is 2.59. The lowest BCUT2D eigenvalue weighted by Crippen LogP contribution is -2.46. The Bertz CT molecular complexity index is 373. The third-order valence-electron chi connectivity index (χ3n) is 3.13. The van der Waals surface area contributed by atoms with Gasteiger partial charge in [-0.15, -0.1) is 11.6 Å². The molecule has 0 aromatic carbocycles. The molecule has 2 atom stereocenters. The van der Waals surface area contributed by atoms with Crippen molar-refractivity contribution in [2.24, 2.45) is 5.41 Å². The molecule has 1 fully saturated rings. The Kier molecular flexibility index (Phi) is 4.56. The van der Waals surface area contributed by atoms with Gasteiger partial charge in [-0.25, -0.2) is 4.79 Å². The third kappa shape index (κ3) is 3.13. The zero-order valence-corrected chi connectivity index (χ0v) is 11.5.